The van der Waals surface area contributed by atoms with E-state index >= 15 is 0 Å². The average molecular weight is 382 g/mol. The van der Waals surface area contributed by atoms with E-state index in [0.717, 1.165) is 24.6 Å². The summed E-state index contributed by atoms with van der Waals surface area (Å²) in [7, 11) is 0. The van der Waals surface area contributed by atoms with Crippen molar-refractivity contribution in [3.63, 3.8) is 0 Å². The van der Waals surface area contributed by atoms with Crippen LogP contribution in [0.15, 0.2) is 53.6 Å². The molecule has 1 aliphatic rings. The molecule has 144 valence electrons. The van der Waals surface area contributed by atoms with Crippen LogP contribution >= 0.6 is 0 Å². The number of hydrazone groups is 1. The number of nitrogens with zero attached hydrogens (tertiary/aromatic N) is 4. The molecule has 10 nitrogen and oxygen atoms in total. The number of non-ortho nitro benzene ring substituents is 1. The minimum absolute atomic E-state index is 0.0560. The maximum Gasteiger partial charge on any atom is 0.301 e. The van der Waals surface area contributed by atoms with E-state index in [-0.39, 0.29) is 11.4 Å². The Morgan fingerprint density at radius 1 is 1.14 bits per heavy atom. The van der Waals surface area contributed by atoms with Crippen molar-refractivity contribution in [1.29, 1.82) is 5.41 Å². The van der Waals surface area contributed by atoms with Crippen LogP contribution in [0.5, 0.6) is 0 Å². The van der Waals surface area contributed by atoms with Gasteiger partial charge < -0.3 is 4.90 Å². The highest BCUT2D eigenvalue weighted by Gasteiger charge is 2.21. The van der Waals surface area contributed by atoms with Crippen LogP contribution in [0, 0.1) is 25.6 Å². The Morgan fingerprint density at radius 3 is 2.50 bits per heavy atom. The number of likely N-dealkylation sites (tertiary alicyclic amines) is 1. The largest absolute Gasteiger partial charge is 0.355 e. The first kappa shape index (κ1) is 19.0. The summed E-state index contributed by atoms with van der Waals surface area (Å²) in [5.41, 5.74) is 3.36. The van der Waals surface area contributed by atoms with Crippen LogP contribution in [0.4, 0.5) is 17.1 Å². The second-order valence-electron chi connectivity index (χ2n) is 6.22. The third-order valence-corrected chi connectivity index (χ3v) is 4.37. The normalized spacial score (nSPS) is 14.2. The van der Waals surface area contributed by atoms with Gasteiger partial charge in [0.1, 0.15) is 5.69 Å². The number of rotatable bonds is 7. The van der Waals surface area contributed by atoms with E-state index in [2.05, 4.69) is 10.5 Å². The molecule has 1 aliphatic heterocycles. The van der Waals surface area contributed by atoms with Crippen LogP contribution in [-0.2, 0) is 0 Å². The van der Waals surface area contributed by atoms with E-state index < -0.39 is 15.5 Å². The lowest BCUT2D eigenvalue weighted by molar-refractivity contribution is -0.393. The first-order chi connectivity index (χ1) is 13.5. The number of amidine groups is 1. The molecule has 2 aromatic carbocycles. The van der Waals surface area contributed by atoms with Crippen LogP contribution in [0.2, 0.25) is 0 Å². The fraction of sp³-hybridized carbons (Fsp3) is 0.222. The average Bonchev–Trinajstić information content (AvgIpc) is 3.10. The maximum absolute atomic E-state index is 11.3. The molecule has 0 spiro atoms. The molecule has 0 aromatic heterocycles. The zero-order valence-corrected chi connectivity index (χ0v) is 14.9. The number of hydrogen-bond donors (Lipinski definition) is 2. The van der Waals surface area contributed by atoms with E-state index in [1.807, 2.05) is 35.2 Å². The minimum atomic E-state index is -0.691. The van der Waals surface area contributed by atoms with Gasteiger partial charge in [-0.05, 0) is 18.1 Å². The molecule has 28 heavy (non-hydrogen) atoms. The summed E-state index contributed by atoms with van der Waals surface area (Å²) in [5.74, 6) is 0.532. The van der Waals surface area contributed by atoms with Gasteiger partial charge in [0, 0.05) is 19.0 Å². The Labute approximate surface area is 160 Å². The van der Waals surface area contributed by atoms with Crippen molar-refractivity contribution >= 4 is 28.6 Å². The Balaban J connectivity index is 1.92. The molecule has 0 unspecified atom stereocenters. The molecule has 0 amide bonds. The molecule has 10 heteroatoms. The predicted molar refractivity (Wildman–Crippen MR) is 105 cm³/mol. The van der Waals surface area contributed by atoms with Gasteiger partial charge in [-0.15, -0.1) is 0 Å². The molecule has 3 rings (SSSR count). The van der Waals surface area contributed by atoms with Crippen LogP contribution < -0.4 is 5.43 Å². The summed E-state index contributed by atoms with van der Waals surface area (Å²) in [6, 6.07) is 12.7. The van der Waals surface area contributed by atoms with Crippen molar-refractivity contribution in [2.24, 2.45) is 5.10 Å². The highest BCUT2D eigenvalue weighted by atomic mass is 16.6. The first-order valence-corrected chi connectivity index (χ1v) is 8.59. The Hall–Kier alpha value is -3.82. The van der Waals surface area contributed by atoms with Gasteiger partial charge in [-0.1, -0.05) is 30.3 Å². The lowest BCUT2D eigenvalue weighted by Crippen LogP contribution is -2.31. The zero-order chi connectivity index (χ0) is 20.1. The third kappa shape index (κ3) is 4.29. The van der Waals surface area contributed by atoms with Crippen LogP contribution in [0.25, 0.3) is 0 Å². The molecule has 0 saturated carbocycles. The second kappa shape index (κ2) is 8.25. The lowest BCUT2D eigenvalue weighted by atomic mass is 10.1. The maximum atomic E-state index is 11.3. The highest BCUT2D eigenvalue weighted by Crippen LogP contribution is 2.29. The summed E-state index contributed by atoms with van der Waals surface area (Å²) in [6.07, 6.45) is 1.62. The van der Waals surface area contributed by atoms with Crippen molar-refractivity contribution in [2.45, 2.75) is 12.8 Å². The monoisotopic (exact) mass is 382 g/mol. The SMILES string of the molecule is N=C1CCCN1C/C(=N\Nc1ccc([N+](=O)[O-])cc1[N+](=O)[O-])c1ccccc1. The second-order valence-corrected chi connectivity index (χ2v) is 6.22. The van der Waals surface area contributed by atoms with E-state index in [4.69, 9.17) is 5.41 Å². The number of nitro groups is 2. The van der Waals surface area contributed by atoms with Crippen molar-refractivity contribution in [3.05, 3.63) is 74.3 Å². The van der Waals surface area contributed by atoms with E-state index in [1.54, 1.807) is 0 Å². The molecular formula is C18H18N6O4. The molecule has 0 bridgehead atoms. The molecular weight excluding hydrogens is 364 g/mol. The number of nitro benzene ring substituents is 2. The van der Waals surface area contributed by atoms with Crippen LogP contribution in [0.3, 0.4) is 0 Å². The van der Waals surface area contributed by atoms with Gasteiger partial charge in [0.25, 0.3) is 5.69 Å². The summed E-state index contributed by atoms with van der Waals surface area (Å²) < 4.78 is 0. The molecule has 0 atom stereocenters. The van der Waals surface area contributed by atoms with Crippen molar-refractivity contribution < 1.29 is 9.85 Å². The summed E-state index contributed by atoms with van der Waals surface area (Å²) in [6.45, 7) is 1.14. The van der Waals surface area contributed by atoms with E-state index in [9.17, 15) is 20.2 Å². The Morgan fingerprint density at radius 2 is 1.89 bits per heavy atom. The fourth-order valence-electron chi connectivity index (χ4n) is 2.91. The van der Waals surface area contributed by atoms with Gasteiger partial charge in [0.05, 0.1) is 34.0 Å². The zero-order valence-electron chi connectivity index (χ0n) is 14.9. The molecule has 1 fully saturated rings. The van der Waals surface area contributed by atoms with Crippen LogP contribution in [0.1, 0.15) is 18.4 Å². The Kier molecular flexibility index (Phi) is 5.58. The Bertz CT molecular complexity index is 944. The summed E-state index contributed by atoms with van der Waals surface area (Å²) in [4.78, 5) is 22.7. The number of hydrogen-bond acceptors (Lipinski definition) is 7. The fourth-order valence-corrected chi connectivity index (χ4v) is 2.91. The predicted octanol–water partition coefficient (Wildman–Crippen LogP) is 3.39. The molecule has 2 N–H and O–H groups in total. The molecule has 1 saturated heterocycles. The van der Waals surface area contributed by atoms with Gasteiger partial charge in [-0.25, -0.2) is 0 Å². The van der Waals surface area contributed by atoms with Crippen LogP contribution in [-0.4, -0.2) is 39.4 Å². The highest BCUT2D eigenvalue weighted by molar-refractivity contribution is 6.04. The van der Waals surface area contributed by atoms with Crippen molar-refractivity contribution in [2.75, 3.05) is 18.5 Å². The third-order valence-electron chi connectivity index (χ3n) is 4.37. The number of anilines is 1. The summed E-state index contributed by atoms with van der Waals surface area (Å²) in [5, 5.41) is 34.5. The quantitative estimate of drug-likeness (QED) is 0.428. The first-order valence-electron chi connectivity index (χ1n) is 8.59. The van der Waals surface area contributed by atoms with Gasteiger partial charge in [0.2, 0.25) is 0 Å². The molecule has 2 aromatic rings. The summed E-state index contributed by atoms with van der Waals surface area (Å²) >= 11 is 0. The molecule has 1 heterocycles. The topological polar surface area (TPSA) is 138 Å². The number of nitrogens with one attached hydrogen (secondary N) is 2. The van der Waals surface area contributed by atoms with Crippen molar-refractivity contribution in [3.8, 4) is 0 Å². The lowest BCUT2D eigenvalue weighted by Gasteiger charge is -2.19. The van der Waals surface area contributed by atoms with Crippen molar-refractivity contribution in [1.82, 2.24) is 4.90 Å². The van der Waals surface area contributed by atoms with Gasteiger partial charge >= 0.3 is 5.69 Å². The van der Waals surface area contributed by atoms with Gasteiger partial charge in [-0.2, -0.15) is 5.10 Å². The van der Waals surface area contributed by atoms with E-state index in [0.29, 0.717) is 24.5 Å². The minimum Gasteiger partial charge on any atom is -0.355 e. The van der Waals surface area contributed by atoms with E-state index in [1.165, 1.54) is 12.1 Å². The van der Waals surface area contributed by atoms with Gasteiger partial charge in [0.15, 0.2) is 0 Å². The standard InChI is InChI=1S/C18H18N6O4/c19-18-7-4-10-22(18)12-16(13-5-2-1-3-6-13)21-20-15-9-8-14(23(25)26)11-17(15)24(27)28/h1-3,5-6,8-9,11,19-20H,4,7,10,12H2/b19-18?,21-16+. The smallest absolute Gasteiger partial charge is 0.301 e. The molecule has 0 aliphatic carbocycles. The van der Waals surface area contributed by atoms with Gasteiger partial charge in [-0.3, -0.25) is 31.1 Å². The molecule has 0 radical (unpaired) electrons. The number of benzene rings is 2.